The van der Waals surface area contributed by atoms with E-state index in [9.17, 15) is 14.9 Å². The van der Waals surface area contributed by atoms with Crippen molar-refractivity contribution in [3.05, 3.63) is 52.1 Å². The van der Waals surface area contributed by atoms with Crippen LogP contribution in [-0.2, 0) is 4.74 Å². The third kappa shape index (κ3) is 4.72. The summed E-state index contributed by atoms with van der Waals surface area (Å²) in [4.78, 5) is 22.8. The Bertz CT molecular complexity index is 840. The van der Waals surface area contributed by atoms with E-state index in [2.05, 4.69) is 5.32 Å². The molecular weight excluding hydrogens is 336 g/mol. The van der Waals surface area contributed by atoms with Crippen LogP contribution in [0.3, 0.4) is 0 Å². The van der Waals surface area contributed by atoms with Crippen molar-refractivity contribution < 1.29 is 19.2 Å². The van der Waals surface area contributed by atoms with Gasteiger partial charge in [-0.15, -0.1) is 0 Å². The number of methoxy groups -OCH3 is 1. The molecule has 0 bridgehead atoms. The van der Waals surface area contributed by atoms with Gasteiger partial charge in [0.2, 0.25) is 0 Å². The molecule has 0 aliphatic heterocycles. The number of nitro groups is 1. The van der Waals surface area contributed by atoms with Gasteiger partial charge < -0.3 is 9.47 Å². The minimum absolute atomic E-state index is 0.0448. The molecule has 0 radical (unpaired) electrons. The first-order valence-corrected chi connectivity index (χ1v) is 8.04. The lowest BCUT2D eigenvalue weighted by Crippen LogP contribution is -2.27. The molecular formula is C19H22N2O5. The Morgan fingerprint density at radius 3 is 2.38 bits per heavy atom. The Hall–Kier alpha value is -3.09. The molecule has 0 aliphatic rings. The predicted octanol–water partition coefficient (Wildman–Crippen LogP) is 4.93. The molecule has 7 heteroatoms. The zero-order chi connectivity index (χ0) is 19.5. The molecule has 0 spiro atoms. The molecule has 0 saturated carbocycles. The van der Waals surface area contributed by atoms with E-state index < -0.39 is 16.6 Å². The van der Waals surface area contributed by atoms with Gasteiger partial charge in [-0.05, 0) is 63.1 Å². The molecule has 138 valence electrons. The Morgan fingerprint density at radius 2 is 1.85 bits per heavy atom. The molecule has 7 nitrogen and oxygen atoms in total. The fourth-order valence-corrected chi connectivity index (χ4v) is 2.42. The molecule has 2 aromatic rings. The van der Waals surface area contributed by atoms with Crippen molar-refractivity contribution in [3.8, 4) is 16.9 Å². The number of carbonyl (C=O) groups is 1. The summed E-state index contributed by atoms with van der Waals surface area (Å²) in [6.07, 6.45) is -0.552. The van der Waals surface area contributed by atoms with E-state index in [1.165, 1.54) is 13.2 Å². The average molecular weight is 358 g/mol. The van der Waals surface area contributed by atoms with Crippen LogP contribution >= 0.6 is 0 Å². The van der Waals surface area contributed by atoms with E-state index in [1.54, 1.807) is 51.1 Å². The Kier molecular flexibility index (Phi) is 5.50. The van der Waals surface area contributed by atoms with Crippen molar-refractivity contribution in [2.75, 3.05) is 12.4 Å². The van der Waals surface area contributed by atoms with Crippen molar-refractivity contribution >= 4 is 17.5 Å². The Labute approximate surface area is 152 Å². The van der Waals surface area contributed by atoms with Crippen LogP contribution in [0.5, 0.6) is 5.75 Å². The van der Waals surface area contributed by atoms with Gasteiger partial charge >= 0.3 is 6.09 Å². The van der Waals surface area contributed by atoms with Gasteiger partial charge in [-0.3, -0.25) is 15.4 Å². The number of ether oxygens (including phenoxy) is 2. The van der Waals surface area contributed by atoms with Crippen LogP contribution in [0.1, 0.15) is 26.3 Å². The van der Waals surface area contributed by atoms with Crippen molar-refractivity contribution in [1.29, 1.82) is 0 Å². The van der Waals surface area contributed by atoms with Gasteiger partial charge in [-0.2, -0.15) is 0 Å². The Balaban J connectivity index is 2.33. The number of hydrogen-bond donors (Lipinski definition) is 1. The molecule has 0 atom stereocenters. The highest BCUT2D eigenvalue weighted by Gasteiger charge is 2.19. The molecule has 0 saturated heterocycles. The normalized spacial score (nSPS) is 11.0. The van der Waals surface area contributed by atoms with Gasteiger partial charge in [0.05, 0.1) is 23.7 Å². The maximum atomic E-state index is 11.9. The number of nitrogens with one attached hydrogen (secondary N) is 1. The quantitative estimate of drug-likeness (QED) is 0.618. The summed E-state index contributed by atoms with van der Waals surface area (Å²) in [5, 5.41) is 14.1. The second-order valence-corrected chi connectivity index (χ2v) is 6.80. The van der Waals surface area contributed by atoms with E-state index in [4.69, 9.17) is 9.47 Å². The predicted molar refractivity (Wildman–Crippen MR) is 99.7 cm³/mol. The number of carbonyl (C=O) groups excluding carboxylic acids is 1. The molecule has 1 amide bonds. The number of aryl methyl sites for hydroxylation is 1. The molecule has 2 rings (SSSR count). The Morgan fingerprint density at radius 1 is 1.15 bits per heavy atom. The van der Waals surface area contributed by atoms with Crippen molar-refractivity contribution in [1.82, 2.24) is 0 Å². The highest BCUT2D eigenvalue weighted by atomic mass is 16.6. The molecule has 0 aliphatic carbocycles. The zero-order valence-corrected chi connectivity index (χ0v) is 15.5. The number of benzene rings is 2. The molecule has 0 heterocycles. The average Bonchev–Trinajstić information content (AvgIpc) is 2.54. The minimum atomic E-state index is -0.596. The number of nitrogens with zero attached hydrogens (tertiary/aromatic N) is 1. The van der Waals surface area contributed by atoms with Crippen molar-refractivity contribution in [2.45, 2.75) is 33.3 Å². The van der Waals surface area contributed by atoms with Crippen LogP contribution in [0.25, 0.3) is 11.1 Å². The van der Waals surface area contributed by atoms with Gasteiger partial charge in [0, 0.05) is 5.69 Å². The summed E-state index contributed by atoms with van der Waals surface area (Å²) in [7, 11) is 1.46. The fraction of sp³-hybridized carbons (Fsp3) is 0.316. The summed E-state index contributed by atoms with van der Waals surface area (Å²) >= 11 is 0. The van der Waals surface area contributed by atoms with E-state index in [0.29, 0.717) is 22.6 Å². The topological polar surface area (TPSA) is 90.7 Å². The summed E-state index contributed by atoms with van der Waals surface area (Å²) in [6, 6.07) is 9.90. The number of anilines is 1. The maximum absolute atomic E-state index is 11.9. The lowest BCUT2D eigenvalue weighted by atomic mass is 10.0. The van der Waals surface area contributed by atoms with E-state index in [-0.39, 0.29) is 5.69 Å². The van der Waals surface area contributed by atoms with Gasteiger partial charge in [-0.1, -0.05) is 6.07 Å². The van der Waals surface area contributed by atoms with Crippen LogP contribution in [0.4, 0.5) is 16.2 Å². The van der Waals surface area contributed by atoms with E-state index in [0.717, 1.165) is 5.56 Å². The largest absolute Gasteiger partial charge is 0.497 e. The lowest BCUT2D eigenvalue weighted by molar-refractivity contribution is -0.384. The molecule has 0 unspecified atom stereocenters. The smallest absolute Gasteiger partial charge is 0.412 e. The minimum Gasteiger partial charge on any atom is -0.497 e. The van der Waals surface area contributed by atoms with Gasteiger partial charge in [0.1, 0.15) is 11.4 Å². The summed E-state index contributed by atoms with van der Waals surface area (Å²) in [6.45, 7) is 7.16. The van der Waals surface area contributed by atoms with Crippen LogP contribution in [0.2, 0.25) is 0 Å². The first kappa shape index (κ1) is 19.2. The van der Waals surface area contributed by atoms with Crippen LogP contribution in [0.15, 0.2) is 36.4 Å². The monoisotopic (exact) mass is 358 g/mol. The summed E-state index contributed by atoms with van der Waals surface area (Å²) in [5.41, 5.74) is 1.85. The lowest BCUT2D eigenvalue weighted by Gasteiger charge is -2.20. The first-order valence-electron chi connectivity index (χ1n) is 8.04. The molecule has 0 fully saturated rings. The third-order valence-corrected chi connectivity index (χ3v) is 3.57. The number of rotatable bonds is 4. The van der Waals surface area contributed by atoms with Gasteiger partial charge in [0.15, 0.2) is 0 Å². The molecule has 2 aromatic carbocycles. The van der Waals surface area contributed by atoms with Crippen LogP contribution in [-0.4, -0.2) is 23.7 Å². The van der Waals surface area contributed by atoms with Gasteiger partial charge in [0.25, 0.3) is 5.69 Å². The van der Waals surface area contributed by atoms with E-state index >= 15 is 0 Å². The van der Waals surface area contributed by atoms with Crippen LogP contribution < -0.4 is 10.1 Å². The highest BCUT2D eigenvalue weighted by Crippen LogP contribution is 2.34. The highest BCUT2D eigenvalue weighted by molar-refractivity contribution is 5.87. The first-order chi connectivity index (χ1) is 12.1. The number of nitro benzene ring substituents is 1. The van der Waals surface area contributed by atoms with Crippen molar-refractivity contribution in [2.24, 2.45) is 0 Å². The standard InChI is InChI=1S/C19H22N2O5/c1-12-10-13(6-9-16(12)20-18(22)26-19(2,3)4)15-8-7-14(25-5)11-17(15)21(23)24/h6-11H,1-5H3,(H,20,22). The number of hydrogen-bond acceptors (Lipinski definition) is 5. The number of amides is 1. The maximum Gasteiger partial charge on any atom is 0.412 e. The molecule has 0 aromatic heterocycles. The molecule has 26 heavy (non-hydrogen) atoms. The summed E-state index contributed by atoms with van der Waals surface area (Å²) < 4.78 is 10.3. The van der Waals surface area contributed by atoms with Crippen molar-refractivity contribution in [3.63, 3.8) is 0 Å². The summed E-state index contributed by atoms with van der Waals surface area (Å²) in [5.74, 6) is 0.417. The van der Waals surface area contributed by atoms with E-state index in [1.807, 2.05) is 6.92 Å². The van der Waals surface area contributed by atoms with Crippen LogP contribution in [0, 0.1) is 17.0 Å². The zero-order valence-electron chi connectivity index (χ0n) is 15.5. The van der Waals surface area contributed by atoms with Gasteiger partial charge in [-0.25, -0.2) is 4.79 Å². The molecule has 1 N–H and O–H groups in total. The SMILES string of the molecule is COc1ccc(-c2ccc(NC(=O)OC(C)(C)C)c(C)c2)c([N+](=O)[O-])c1. The second-order valence-electron chi connectivity index (χ2n) is 6.80. The fourth-order valence-electron chi connectivity index (χ4n) is 2.42. The third-order valence-electron chi connectivity index (χ3n) is 3.57. The second kappa shape index (κ2) is 7.43.